The van der Waals surface area contributed by atoms with E-state index in [4.69, 9.17) is 12.8 Å². The van der Waals surface area contributed by atoms with E-state index in [1.54, 1.807) is 313 Å². The maximum atomic E-state index is 7.42. The fourth-order valence-corrected chi connectivity index (χ4v) is 25.0. The Kier molecular flexibility index (Phi) is 1.69. The van der Waals surface area contributed by atoms with Crippen molar-refractivity contribution in [1.29, 1.82) is 0 Å². The Morgan fingerprint density at radius 2 is 0.246 bits per heavy atom. The van der Waals surface area contributed by atoms with Gasteiger partial charge in [-0.1, -0.05) is 11.8 Å². The predicted molar refractivity (Wildman–Crippen MR) is 274 cm³/mol. The molecule has 28 aromatic carbocycles. The molecule has 0 nitrogen and oxygen atoms in total. The van der Waals surface area contributed by atoms with Crippen LogP contribution in [0.25, 0.3) is 291 Å². The second-order valence-corrected chi connectivity index (χ2v) is 24.3. The van der Waals surface area contributed by atoms with Crippen molar-refractivity contribution in [1.82, 2.24) is 0 Å². The molecule has 0 aromatic heterocycles. The Hall–Kier alpha value is -8.42. The number of benzene rings is 18. The average Bonchev–Trinajstić information content (AvgIpc) is 4.17. The number of rotatable bonds is 0. The van der Waals surface area contributed by atoms with Gasteiger partial charge in [0.25, 0.3) is 0 Å². The Morgan fingerprint density at radius 1 is 0.154 bits per heavy atom. The Labute approximate surface area is 352 Å². The van der Waals surface area contributed by atoms with E-state index in [0.29, 0.717) is 0 Å². The minimum Gasteiger partial charge on any atom is -0.118 e. The zero-order valence-electron chi connectivity index (χ0n) is 32.7. The molecule has 5 aliphatic rings. The summed E-state index contributed by atoms with van der Waals surface area (Å²) in [5.74, 6) is 7.49. The normalized spacial score (nSPS) is 20.6. The fraction of sp³-hybridized carbons (Fsp3) is 0.0462. The first-order valence-corrected chi connectivity index (χ1v) is 24.1. The molecule has 1 saturated carbocycles. The molecule has 0 heteroatoms. The van der Waals surface area contributed by atoms with Crippen molar-refractivity contribution in [3.63, 3.8) is 0 Å². The first-order chi connectivity index (χ1) is 32.4. The van der Waals surface area contributed by atoms with E-state index < -0.39 is 16.2 Å². The average molecular weight is 783 g/mol. The van der Waals surface area contributed by atoms with Gasteiger partial charge in [0.1, 0.15) is 5.41 Å². The summed E-state index contributed by atoms with van der Waals surface area (Å²) in [7, 11) is 0. The van der Waals surface area contributed by atoms with E-state index in [0.717, 1.165) is 0 Å². The van der Waals surface area contributed by atoms with Crippen LogP contribution in [0.3, 0.4) is 0 Å². The molecule has 2 spiro atoms. The third kappa shape index (κ3) is 1.07. The van der Waals surface area contributed by atoms with Crippen molar-refractivity contribution >= 4 is 291 Å². The lowest BCUT2D eigenvalue weighted by Crippen LogP contribution is -2.27. The van der Waals surface area contributed by atoms with Gasteiger partial charge in [0.05, 0.1) is 10.8 Å². The van der Waals surface area contributed by atoms with Crippen LogP contribution >= 0.6 is 0 Å². The first kappa shape index (κ1) is 22.8. The van der Waals surface area contributed by atoms with Crippen LogP contribution in [-0.4, -0.2) is 0 Å². The van der Waals surface area contributed by atoms with Crippen molar-refractivity contribution in [2.45, 2.75) is 10.8 Å². The van der Waals surface area contributed by atoms with Gasteiger partial charge in [-0.15, -0.1) is 12.8 Å². The van der Waals surface area contributed by atoms with Gasteiger partial charge in [-0.3, -0.25) is 0 Å². The van der Waals surface area contributed by atoms with Crippen molar-refractivity contribution in [2.75, 3.05) is 0 Å². The predicted octanol–water partition coefficient (Wildman–Crippen LogP) is 16.6. The summed E-state index contributed by atoms with van der Waals surface area (Å²) in [4.78, 5) is 0. The monoisotopic (exact) mass is 782 g/mol. The van der Waals surface area contributed by atoms with Gasteiger partial charge in [0.15, 0.2) is 0 Å². The maximum absolute atomic E-state index is 7.42. The summed E-state index contributed by atoms with van der Waals surface area (Å²) in [6.07, 6.45) is 14.8. The highest BCUT2D eigenvalue weighted by Gasteiger charge is 2.94. The van der Waals surface area contributed by atoms with Crippen LogP contribution in [0.2, 0.25) is 0 Å². The summed E-state index contributed by atoms with van der Waals surface area (Å²) in [5.41, 5.74) is 4.46. The third-order valence-corrected chi connectivity index (χ3v) is 24.8. The van der Waals surface area contributed by atoms with Crippen molar-refractivity contribution in [3.05, 3.63) is 22.3 Å². The number of hydrogen-bond acceptors (Lipinski definition) is 0. The van der Waals surface area contributed by atoms with Gasteiger partial charge in [0, 0.05) is 0 Å². The quantitative estimate of drug-likeness (QED) is 0.106. The SMILES string of the molecule is C#CC1(C#C)C23c4c5c6c7c8c9c(c%10c%11c2c2c4c4c%12c5c5c6c6c8c8c%13c9c9c%10c%10c%11c%11c2c2c4c4c%12c%12c5c5c6c8c6c8c%13c9c9c%10c%10c%11c2c2c4c4c%12c5c6c5c8c9c%10c2c45)C713. The molecule has 262 valence electrons. The number of terminal acetylenes is 2. The van der Waals surface area contributed by atoms with Crippen LogP contribution in [0.1, 0.15) is 22.3 Å². The van der Waals surface area contributed by atoms with Gasteiger partial charge in [-0.25, -0.2) is 0 Å². The fourth-order valence-electron chi connectivity index (χ4n) is 25.0. The third-order valence-electron chi connectivity index (χ3n) is 24.8. The summed E-state index contributed by atoms with van der Waals surface area (Å²) in [5, 5.41) is 86.6. The highest BCUT2D eigenvalue weighted by Crippen LogP contribution is 2.96. The summed E-state index contributed by atoms with van der Waals surface area (Å²) in [6, 6.07) is 0. The highest BCUT2D eigenvalue weighted by molar-refractivity contribution is 6.82. The smallest absolute Gasteiger partial charge is 0.118 e. The lowest BCUT2D eigenvalue weighted by molar-refractivity contribution is 0.731. The molecule has 1 fully saturated rings. The van der Waals surface area contributed by atoms with E-state index >= 15 is 0 Å². The van der Waals surface area contributed by atoms with Crippen LogP contribution in [0.5, 0.6) is 0 Å². The van der Waals surface area contributed by atoms with Crippen LogP contribution in [0.4, 0.5) is 0 Å². The topological polar surface area (TPSA) is 0 Å². The molecule has 0 bridgehead atoms. The lowest BCUT2D eigenvalue weighted by Gasteiger charge is -2.31. The van der Waals surface area contributed by atoms with Crippen molar-refractivity contribution < 1.29 is 0 Å². The van der Waals surface area contributed by atoms with Crippen molar-refractivity contribution in [2.24, 2.45) is 5.41 Å². The molecular formula is C65H2. The highest BCUT2D eigenvalue weighted by atomic mass is 14.9. The maximum Gasteiger partial charge on any atom is 0.121 e. The molecule has 0 heterocycles. The molecule has 0 aliphatic heterocycles. The molecular weight excluding hydrogens is 781 g/mol. The summed E-state index contributed by atoms with van der Waals surface area (Å²) in [6.45, 7) is 0. The summed E-state index contributed by atoms with van der Waals surface area (Å²) >= 11 is 0. The van der Waals surface area contributed by atoms with E-state index in [1.165, 1.54) is 0 Å². The Balaban J connectivity index is 1.28. The standard InChI is InChI=1S/C65H2/c1-3-63(4-2)64-59-51-43-33-23-15-7-5-6-9-13-11(7)19-27-21(13)31-25-17(9)18-10(6)14-12-8(5)16(15)24-30-20(12)28-22(14)32-26(18)36-35(25)45-39(31)49-41(27)47(37(43)29(19)23)55(59)57(49)61-53(45)54-46(36)40(32)50-42(28)48-38(30)44(34(24)33)52(51)60(64)56(48)58(50)62(54)65(61,63)64/h1-2H. The van der Waals surface area contributed by atoms with E-state index in [9.17, 15) is 0 Å². The molecule has 0 atom stereocenters. The molecule has 33 rings (SSSR count). The second-order valence-electron chi connectivity index (χ2n) is 24.3. The zero-order valence-corrected chi connectivity index (χ0v) is 32.7. The van der Waals surface area contributed by atoms with Gasteiger partial charge >= 0.3 is 0 Å². The Bertz CT molecular complexity index is 6600. The molecule has 65 heavy (non-hydrogen) atoms. The first-order valence-electron chi connectivity index (χ1n) is 24.1. The number of hydrogen-bond donors (Lipinski definition) is 0. The lowest BCUT2D eigenvalue weighted by atomic mass is 9.68. The molecule has 0 saturated heterocycles. The molecule has 0 unspecified atom stereocenters. The second kappa shape index (κ2) is 4.81. The van der Waals surface area contributed by atoms with Crippen LogP contribution in [0.15, 0.2) is 0 Å². The molecule has 0 N–H and O–H groups in total. The van der Waals surface area contributed by atoms with E-state index in [-0.39, 0.29) is 0 Å². The van der Waals surface area contributed by atoms with Gasteiger partial charge in [-0.2, -0.15) is 0 Å². The minimum absolute atomic E-state index is 0.505. The van der Waals surface area contributed by atoms with Crippen LogP contribution in [0, 0.1) is 30.1 Å². The molecule has 5 aliphatic carbocycles. The van der Waals surface area contributed by atoms with Crippen molar-refractivity contribution in [3.8, 4) is 24.7 Å². The van der Waals surface area contributed by atoms with Gasteiger partial charge < -0.3 is 0 Å². The van der Waals surface area contributed by atoms with Crippen LogP contribution in [-0.2, 0) is 10.8 Å². The minimum atomic E-state index is -0.815. The van der Waals surface area contributed by atoms with Gasteiger partial charge in [0.2, 0.25) is 0 Å². The Morgan fingerprint density at radius 3 is 0.338 bits per heavy atom. The molecule has 0 amide bonds. The van der Waals surface area contributed by atoms with E-state index in [2.05, 4.69) is 11.8 Å². The van der Waals surface area contributed by atoms with Gasteiger partial charge in [-0.05, 0) is 313 Å². The van der Waals surface area contributed by atoms with Crippen LogP contribution < -0.4 is 0 Å². The molecule has 0 radical (unpaired) electrons. The molecule has 28 aromatic rings. The zero-order chi connectivity index (χ0) is 38.4. The largest absolute Gasteiger partial charge is 0.121 e. The van der Waals surface area contributed by atoms with E-state index in [1.807, 2.05) is 0 Å². The summed E-state index contributed by atoms with van der Waals surface area (Å²) < 4.78 is 0.